The number of hydrogen-bond acceptors (Lipinski definition) is 8. The molecule has 208 valence electrons. The molecule has 6 rings (SSSR count). The van der Waals surface area contributed by atoms with Crippen LogP contribution in [-0.4, -0.2) is 51.8 Å². The number of methoxy groups -OCH3 is 1. The molecule has 1 heterocycles. The number of ether oxygens (including phenoxy) is 1. The van der Waals surface area contributed by atoms with Gasteiger partial charge in [-0.15, -0.1) is 0 Å². The number of aromatic carboxylic acids is 1. The molecular weight excluding hydrogens is 598 g/mol. The van der Waals surface area contributed by atoms with Gasteiger partial charge >= 0.3 is 5.97 Å². The van der Waals surface area contributed by atoms with E-state index >= 15 is 0 Å². The lowest BCUT2D eigenvalue weighted by Gasteiger charge is -2.42. The highest BCUT2D eigenvalue weighted by molar-refractivity contribution is 9.12. The van der Waals surface area contributed by atoms with Gasteiger partial charge < -0.3 is 20.1 Å². The number of anilines is 1. The highest BCUT2D eigenvalue weighted by Crippen LogP contribution is 2.56. The van der Waals surface area contributed by atoms with Crippen molar-refractivity contribution >= 4 is 51.0 Å². The maximum atomic E-state index is 13.9. The van der Waals surface area contributed by atoms with E-state index in [2.05, 4.69) is 15.9 Å². The first-order chi connectivity index (χ1) is 19.5. The topological polar surface area (TPSA) is 159 Å². The third kappa shape index (κ3) is 3.94. The number of halogens is 1. The van der Waals surface area contributed by atoms with Crippen molar-refractivity contribution in [2.75, 3.05) is 12.0 Å². The van der Waals surface area contributed by atoms with Crippen molar-refractivity contribution in [1.82, 2.24) is 0 Å². The standard InChI is InChI=1S/C30H22BrNO9/c1-41-13-3-5-15(22(34)9-13)24-14-6-7-17-25(18(14)10-19-26(24)23(35)11-20(31)27(19)36)29(38)32(28(17)37)12-2-4-16(30(39)40)21(33)8-12/h2-6,8-9,11,17-18,24-25,33-34H,7,10H2,1H3,(H,39,40)/t17-,18+,24+,25-/m0/s1. The molecule has 1 fully saturated rings. The molecule has 0 bridgehead atoms. The number of carboxylic acids is 1. The number of amides is 2. The largest absolute Gasteiger partial charge is 0.507 e. The van der Waals surface area contributed by atoms with Gasteiger partial charge in [0.05, 0.1) is 29.1 Å². The predicted molar refractivity (Wildman–Crippen MR) is 147 cm³/mol. The van der Waals surface area contributed by atoms with E-state index in [4.69, 9.17) is 4.74 Å². The summed E-state index contributed by atoms with van der Waals surface area (Å²) >= 11 is 3.18. The molecular formula is C30H22BrNO9. The molecule has 4 atom stereocenters. The van der Waals surface area contributed by atoms with Gasteiger partial charge in [0.25, 0.3) is 0 Å². The van der Waals surface area contributed by atoms with E-state index < -0.39 is 58.8 Å². The Kier molecular flexibility index (Phi) is 6.22. The first kappa shape index (κ1) is 26.7. The van der Waals surface area contributed by atoms with Gasteiger partial charge in [-0.05, 0) is 52.9 Å². The Bertz CT molecular complexity index is 1700. The van der Waals surface area contributed by atoms with Gasteiger partial charge in [-0.1, -0.05) is 17.7 Å². The van der Waals surface area contributed by atoms with E-state index in [1.165, 1.54) is 25.3 Å². The molecule has 0 radical (unpaired) electrons. The number of carboxylic acid groups (broad SMARTS) is 1. The normalized spacial score (nSPS) is 25.4. The molecule has 0 aromatic heterocycles. The summed E-state index contributed by atoms with van der Waals surface area (Å²) in [5.74, 6) is -6.67. The molecule has 1 aliphatic heterocycles. The second-order valence-corrected chi connectivity index (χ2v) is 11.2. The molecule has 2 aromatic carbocycles. The first-order valence-corrected chi connectivity index (χ1v) is 13.5. The van der Waals surface area contributed by atoms with Crippen molar-refractivity contribution in [3.63, 3.8) is 0 Å². The number of benzene rings is 2. The number of carbonyl (C=O) groups is 5. The molecule has 11 heteroatoms. The fourth-order valence-corrected chi connectivity index (χ4v) is 7.00. The van der Waals surface area contributed by atoms with E-state index in [1.54, 1.807) is 12.1 Å². The van der Waals surface area contributed by atoms with Crippen molar-refractivity contribution in [2.45, 2.75) is 18.8 Å². The lowest BCUT2D eigenvalue weighted by molar-refractivity contribution is -0.123. The van der Waals surface area contributed by atoms with Gasteiger partial charge in [-0.25, -0.2) is 9.69 Å². The molecule has 2 aromatic rings. The Morgan fingerprint density at radius 2 is 1.76 bits per heavy atom. The number of allylic oxidation sites excluding steroid dienone is 6. The minimum absolute atomic E-state index is 0.0353. The highest BCUT2D eigenvalue weighted by atomic mass is 79.9. The van der Waals surface area contributed by atoms with Crippen LogP contribution in [0.15, 0.2) is 69.8 Å². The number of phenols is 2. The van der Waals surface area contributed by atoms with Crippen molar-refractivity contribution in [3.05, 3.63) is 80.9 Å². The monoisotopic (exact) mass is 619 g/mol. The van der Waals surface area contributed by atoms with Crippen molar-refractivity contribution in [1.29, 1.82) is 0 Å². The number of rotatable bonds is 4. The van der Waals surface area contributed by atoms with Crippen LogP contribution >= 0.6 is 15.9 Å². The zero-order chi connectivity index (χ0) is 29.3. The molecule has 3 N–H and O–H groups in total. The number of nitrogens with zero attached hydrogens (tertiary/aromatic N) is 1. The van der Waals surface area contributed by atoms with E-state index in [1.807, 2.05) is 6.08 Å². The minimum Gasteiger partial charge on any atom is -0.507 e. The lowest BCUT2D eigenvalue weighted by Crippen LogP contribution is -2.39. The molecule has 0 unspecified atom stereocenters. The van der Waals surface area contributed by atoms with Crippen molar-refractivity contribution in [3.8, 4) is 17.2 Å². The average Bonchev–Trinajstić information content (AvgIpc) is 3.20. The second kappa shape index (κ2) is 9.55. The fraction of sp³-hybridized carbons (Fsp3) is 0.233. The van der Waals surface area contributed by atoms with Gasteiger partial charge in [-0.2, -0.15) is 0 Å². The average molecular weight is 620 g/mol. The Hall–Kier alpha value is -4.51. The summed E-state index contributed by atoms with van der Waals surface area (Å²) in [5, 5.41) is 30.4. The van der Waals surface area contributed by atoms with Gasteiger partial charge in [0, 0.05) is 40.8 Å². The molecule has 2 amide bonds. The van der Waals surface area contributed by atoms with E-state index in [0.717, 1.165) is 17.0 Å². The number of imide groups is 1. The zero-order valence-electron chi connectivity index (χ0n) is 21.5. The Morgan fingerprint density at radius 3 is 2.41 bits per heavy atom. The molecule has 0 saturated carbocycles. The Labute approximate surface area is 241 Å². The maximum Gasteiger partial charge on any atom is 0.339 e. The van der Waals surface area contributed by atoms with Crippen LogP contribution in [-0.2, 0) is 19.2 Å². The molecule has 0 spiro atoms. The second-order valence-electron chi connectivity index (χ2n) is 10.3. The van der Waals surface area contributed by atoms with Gasteiger partial charge in [0.15, 0.2) is 11.6 Å². The van der Waals surface area contributed by atoms with Crippen LogP contribution in [0.5, 0.6) is 17.2 Å². The lowest BCUT2D eigenvalue weighted by atomic mass is 9.59. The van der Waals surface area contributed by atoms with Crippen LogP contribution in [0.1, 0.15) is 34.7 Å². The molecule has 1 saturated heterocycles. The molecule has 3 aliphatic carbocycles. The van der Waals surface area contributed by atoms with Crippen LogP contribution < -0.4 is 9.64 Å². The number of ketones is 2. The maximum absolute atomic E-state index is 13.9. The van der Waals surface area contributed by atoms with Crippen LogP contribution in [0.2, 0.25) is 0 Å². The number of Topliss-reactive ketones (excluding diaryl/α,β-unsaturated/α-hetero) is 1. The summed E-state index contributed by atoms with van der Waals surface area (Å²) in [6.07, 6.45) is 3.24. The van der Waals surface area contributed by atoms with Gasteiger partial charge in [0.2, 0.25) is 11.8 Å². The summed E-state index contributed by atoms with van der Waals surface area (Å²) in [6, 6.07) is 8.13. The predicted octanol–water partition coefficient (Wildman–Crippen LogP) is 3.77. The molecule has 41 heavy (non-hydrogen) atoms. The first-order valence-electron chi connectivity index (χ1n) is 12.7. The third-order valence-corrected chi connectivity index (χ3v) is 8.94. The summed E-state index contributed by atoms with van der Waals surface area (Å²) in [5.41, 5.74) is 1.13. The van der Waals surface area contributed by atoms with Crippen LogP contribution in [0, 0.1) is 17.8 Å². The number of carbonyl (C=O) groups excluding carboxylic acids is 4. The SMILES string of the molecule is COc1ccc([C@H]2C3=CC[C@@H]4C(=O)N(c5ccc(C(=O)O)c(O)c5)C(=O)[C@@H]4[C@@H]3CC3=C2C(=O)C=C(Br)C3=O)c(O)c1. The molecule has 10 nitrogen and oxygen atoms in total. The van der Waals surface area contributed by atoms with Crippen molar-refractivity contribution < 1.29 is 44.0 Å². The molecule has 4 aliphatic rings. The zero-order valence-corrected chi connectivity index (χ0v) is 23.0. The third-order valence-electron chi connectivity index (χ3n) is 8.35. The van der Waals surface area contributed by atoms with Crippen molar-refractivity contribution in [2.24, 2.45) is 17.8 Å². The van der Waals surface area contributed by atoms with E-state index in [-0.39, 0.29) is 45.5 Å². The van der Waals surface area contributed by atoms with Gasteiger partial charge in [-0.3, -0.25) is 19.2 Å². The van der Waals surface area contributed by atoms with Crippen LogP contribution in [0.3, 0.4) is 0 Å². The smallest absolute Gasteiger partial charge is 0.339 e. The Morgan fingerprint density at radius 1 is 1.00 bits per heavy atom. The summed E-state index contributed by atoms with van der Waals surface area (Å²) in [6.45, 7) is 0. The van der Waals surface area contributed by atoms with E-state index in [9.17, 15) is 39.3 Å². The van der Waals surface area contributed by atoms with Crippen LogP contribution in [0.25, 0.3) is 0 Å². The minimum atomic E-state index is -1.36. The number of aromatic hydroxyl groups is 2. The summed E-state index contributed by atoms with van der Waals surface area (Å²) in [7, 11) is 1.45. The summed E-state index contributed by atoms with van der Waals surface area (Å²) in [4.78, 5) is 66.4. The highest BCUT2D eigenvalue weighted by Gasteiger charge is 2.57. The summed E-state index contributed by atoms with van der Waals surface area (Å²) < 4.78 is 5.29. The van der Waals surface area contributed by atoms with Crippen LogP contribution in [0.4, 0.5) is 5.69 Å². The number of phenolic OH excluding ortho intramolecular Hbond substituents is 1. The number of fused-ring (bicyclic) bond motifs is 3. The quantitative estimate of drug-likeness (QED) is 0.263. The number of hydrogen-bond donors (Lipinski definition) is 3. The fourth-order valence-electron chi connectivity index (χ4n) is 6.55. The Balaban J connectivity index is 1.47. The van der Waals surface area contributed by atoms with E-state index in [0.29, 0.717) is 16.9 Å². The van der Waals surface area contributed by atoms with Gasteiger partial charge in [0.1, 0.15) is 22.8 Å².